The first-order chi connectivity index (χ1) is 15.1. The number of aromatic amines is 1. The van der Waals surface area contributed by atoms with Gasteiger partial charge < -0.3 is 4.74 Å². The van der Waals surface area contributed by atoms with Crippen LogP contribution in [-0.4, -0.2) is 23.2 Å². The van der Waals surface area contributed by atoms with Crippen LogP contribution in [0.25, 0.3) is 11.3 Å². The number of ether oxygens (including phenoxy) is 1. The molecule has 3 aromatic carbocycles. The Bertz CT molecular complexity index is 1250. The van der Waals surface area contributed by atoms with Crippen molar-refractivity contribution in [1.82, 2.24) is 10.2 Å². The van der Waals surface area contributed by atoms with Gasteiger partial charge >= 0.3 is 0 Å². The third kappa shape index (κ3) is 3.27. The molecule has 154 valence electrons. The molecule has 5 nitrogen and oxygen atoms in total. The summed E-state index contributed by atoms with van der Waals surface area (Å²) in [5.74, 6) is 0.660. The normalized spacial score (nSPS) is 15.3. The molecule has 1 amide bonds. The molecule has 0 radical (unpaired) electrons. The van der Waals surface area contributed by atoms with Crippen LogP contribution in [-0.2, 0) is 0 Å². The summed E-state index contributed by atoms with van der Waals surface area (Å²) in [4.78, 5) is 15.3. The molecule has 1 N–H and O–H groups in total. The minimum Gasteiger partial charge on any atom is -0.497 e. The largest absolute Gasteiger partial charge is 0.497 e. The van der Waals surface area contributed by atoms with E-state index in [0.29, 0.717) is 10.7 Å². The van der Waals surface area contributed by atoms with Crippen molar-refractivity contribution in [3.63, 3.8) is 0 Å². The first kappa shape index (κ1) is 19.4. The zero-order valence-electron chi connectivity index (χ0n) is 17.1. The molecule has 0 saturated carbocycles. The second-order valence-corrected chi connectivity index (χ2v) is 7.99. The van der Waals surface area contributed by atoms with Crippen LogP contribution in [0.1, 0.15) is 33.2 Å². The number of benzene rings is 3. The maximum Gasteiger partial charge on any atom is 0.277 e. The maximum atomic E-state index is 13.5. The Morgan fingerprint density at radius 2 is 1.65 bits per heavy atom. The van der Waals surface area contributed by atoms with Crippen LogP contribution in [0, 0.1) is 6.92 Å². The molecule has 2 heterocycles. The van der Waals surface area contributed by atoms with Crippen LogP contribution in [0.5, 0.6) is 5.75 Å². The maximum absolute atomic E-state index is 13.5. The Morgan fingerprint density at radius 3 is 2.29 bits per heavy atom. The second-order valence-electron chi connectivity index (χ2n) is 7.55. The van der Waals surface area contributed by atoms with Crippen molar-refractivity contribution in [3.05, 3.63) is 100 Å². The summed E-state index contributed by atoms with van der Waals surface area (Å²) in [5, 5.41) is 8.14. The summed E-state index contributed by atoms with van der Waals surface area (Å²) in [6, 6.07) is 23.0. The number of amides is 1. The van der Waals surface area contributed by atoms with Crippen LogP contribution in [0.3, 0.4) is 0 Å². The Hall–Kier alpha value is -3.57. The molecule has 0 saturated heterocycles. The highest BCUT2D eigenvalue weighted by Gasteiger charge is 2.43. The number of H-pyrrole nitrogens is 1. The molecule has 0 aliphatic carbocycles. The predicted octanol–water partition coefficient (Wildman–Crippen LogP) is 5.80. The topological polar surface area (TPSA) is 58.2 Å². The molecule has 4 aromatic rings. The van der Waals surface area contributed by atoms with Crippen molar-refractivity contribution in [2.45, 2.75) is 13.0 Å². The van der Waals surface area contributed by atoms with Gasteiger partial charge in [-0.2, -0.15) is 5.10 Å². The number of halogens is 1. The summed E-state index contributed by atoms with van der Waals surface area (Å²) < 4.78 is 5.32. The fourth-order valence-electron chi connectivity index (χ4n) is 4.05. The van der Waals surface area contributed by atoms with E-state index in [4.69, 9.17) is 16.3 Å². The molecule has 1 aromatic heterocycles. The standard InChI is InChI=1S/C25H20ClN3O2/c1-15-3-11-19(12-4-15)29-24(17-7-13-20(31-2)14-8-17)21-22(27-28-23(21)25(29)30)16-5-9-18(26)10-6-16/h3-14,24H,1-2H3,(H,27,28). The average molecular weight is 430 g/mol. The molecule has 5 rings (SSSR count). The Balaban J connectivity index is 1.70. The molecule has 1 unspecified atom stereocenters. The Labute approximate surface area is 185 Å². The molecule has 0 bridgehead atoms. The number of nitrogens with one attached hydrogen (secondary N) is 1. The lowest BCUT2D eigenvalue weighted by atomic mass is 9.95. The van der Waals surface area contributed by atoms with Crippen molar-refractivity contribution in [3.8, 4) is 17.0 Å². The highest BCUT2D eigenvalue weighted by molar-refractivity contribution is 6.30. The molecule has 0 spiro atoms. The van der Waals surface area contributed by atoms with Gasteiger partial charge in [0.25, 0.3) is 5.91 Å². The van der Waals surface area contributed by atoms with Gasteiger partial charge in [0.15, 0.2) is 0 Å². The zero-order chi connectivity index (χ0) is 21.5. The summed E-state index contributed by atoms with van der Waals surface area (Å²) >= 11 is 6.08. The van der Waals surface area contributed by atoms with E-state index in [9.17, 15) is 4.79 Å². The van der Waals surface area contributed by atoms with Crippen LogP contribution < -0.4 is 9.64 Å². The lowest BCUT2D eigenvalue weighted by Gasteiger charge is -2.26. The van der Waals surface area contributed by atoms with E-state index in [-0.39, 0.29) is 11.9 Å². The number of carbonyl (C=O) groups is 1. The highest BCUT2D eigenvalue weighted by atomic mass is 35.5. The lowest BCUT2D eigenvalue weighted by molar-refractivity contribution is 0.0989. The average Bonchev–Trinajstić information content (AvgIpc) is 3.34. The van der Waals surface area contributed by atoms with Gasteiger partial charge in [-0.05, 0) is 48.9 Å². The van der Waals surface area contributed by atoms with E-state index in [1.165, 1.54) is 0 Å². The van der Waals surface area contributed by atoms with E-state index in [0.717, 1.165) is 39.4 Å². The van der Waals surface area contributed by atoms with Crippen LogP contribution in [0.4, 0.5) is 5.69 Å². The molecular weight excluding hydrogens is 410 g/mol. The van der Waals surface area contributed by atoms with Crippen LogP contribution in [0.15, 0.2) is 72.8 Å². The number of aromatic nitrogens is 2. The number of nitrogens with zero attached hydrogens (tertiary/aromatic N) is 2. The molecule has 6 heteroatoms. The van der Waals surface area contributed by atoms with Crippen molar-refractivity contribution in [1.29, 1.82) is 0 Å². The number of hydrogen-bond acceptors (Lipinski definition) is 3. The molecule has 1 aliphatic rings. The third-order valence-corrected chi connectivity index (χ3v) is 5.88. The number of fused-ring (bicyclic) bond motifs is 1. The first-order valence-electron chi connectivity index (χ1n) is 9.95. The minimum atomic E-state index is -0.319. The van der Waals surface area contributed by atoms with Gasteiger partial charge in [-0.25, -0.2) is 0 Å². The van der Waals surface area contributed by atoms with Gasteiger partial charge in [-0.3, -0.25) is 14.8 Å². The van der Waals surface area contributed by atoms with Crippen molar-refractivity contribution >= 4 is 23.2 Å². The van der Waals surface area contributed by atoms with E-state index < -0.39 is 0 Å². The number of methoxy groups -OCH3 is 1. The smallest absolute Gasteiger partial charge is 0.277 e. The van der Waals surface area contributed by atoms with Crippen LogP contribution >= 0.6 is 11.6 Å². The van der Waals surface area contributed by atoms with Crippen molar-refractivity contribution in [2.75, 3.05) is 12.0 Å². The number of hydrogen-bond donors (Lipinski definition) is 1. The number of rotatable bonds is 4. The second kappa shape index (κ2) is 7.60. The Kier molecular flexibility index (Phi) is 4.75. The minimum absolute atomic E-state index is 0.104. The van der Waals surface area contributed by atoms with E-state index in [1.54, 1.807) is 7.11 Å². The highest BCUT2D eigenvalue weighted by Crippen LogP contribution is 2.45. The summed E-state index contributed by atoms with van der Waals surface area (Å²) in [6.07, 6.45) is 0. The molecule has 1 aliphatic heterocycles. The van der Waals surface area contributed by atoms with Gasteiger partial charge in [0.2, 0.25) is 0 Å². The fraction of sp³-hybridized carbons (Fsp3) is 0.120. The number of anilines is 1. The van der Waals surface area contributed by atoms with Gasteiger partial charge in [0.1, 0.15) is 11.4 Å². The van der Waals surface area contributed by atoms with Crippen molar-refractivity contribution < 1.29 is 9.53 Å². The van der Waals surface area contributed by atoms with Gasteiger partial charge in [-0.15, -0.1) is 0 Å². The predicted molar refractivity (Wildman–Crippen MR) is 122 cm³/mol. The molecule has 31 heavy (non-hydrogen) atoms. The summed E-state index contributed by atoms with van der Waals surface area (Å²) in [6.45, 7) is 2.03. The molecule has 0 fully saturated rings. The molecule has 1 atom stereocenters. The van der Waals surface area contributed by atoms with Gasteiger partial charge in [0.05, 0.1) is 18.8 Å². The zero-order valence-corrected chi connectivity index (χ0v) is 17.9. The number of carbonyl (C=O) groups excluding carboxylic acids is 1. The monoisotopic (exact) mass is 429 g/mol. The fourth-order valence-corrected chi connectivity index (χ4v) is 4.17. The summed E-state index contributed by atoms with van der Waals surface area (Å²) in [7, 11) is 1.64. The lowest BCUT2D eigenvalue weighted by Crippen LogP contribution is -2.29. The van der Waals surface area contributed by atoms with Crippen molar-refractivity contribution in [2.24, 2.45) is 0 Å². The van der Waals surface area contributed by atoms with Crippen LogP contribution in [0.2, 0.25) is 5.02 Å². The SMILES string of the molecule is COc1ccc(C2c3c(-c4ccc(Cl)cc4)n[nH]c3C(=O)N2c2ccc(C)cc2)cc1. The number of aryl methyl sites for hydroxylation is 1. The summed E-state index contributed by atoms with van der Waals surface area (Å²) in [5.41, 5.74) is 5.96. The third-order valence-electron chi connectivity index (χ3n) is 5.63. The van der Waals surface area contributed by atoms with Gasteiger partial charge in [0, 0.05) is 21.8 Å². The first-order valence-corrected chi connectivity index (χ1v) is 10.3. The van der Waals surface area contributed by atoms with E-state index in [1.807, 2.05) is 84.6 Å². The quantitative estimate of drug-likeness (QED) is 0.446. The Morgan fingerprint density at radius 1 is 0.968 bits per heavy atom. The molecular formula is C25H20ClN3O2. The van der Waals surface area contributed by atoms with E-state index in [2.05, 4.69) is 10.2 Å². The van der Waals surface area contributed by atoms with Gasteiger partial charge in [-0.1, -0.05) is 53.6 Å². The van der Waals surface area contributed by atoms with E-state index >= 15 is 0 Å².